The summed E-state index contributed by atoms with van der Waals surface area (Å²) in [5.74, 6) is 0. The van der Waals surface area contributed by atoms with E-state index >= 15 is 0 Å². The number of hydrogen-bond acceptors (Lipinski definition) is 1. The van der Waals surface area contributed by atoms with E-state index in [-0.39, 0.29) is 0 Å². The number of benzene rings is 13. The Morgan fingerprint density at radius 2 is 0.753 bits per heavy atom. The van der Waals surface area contributed by atoms with Gasteiger partial charge in [0.2, 0.25) is 0 Å². The molecule has 2 aliphatic rings. The van der Waals surface area contributed by atoms with E-state index in [1.165, 1.54) is 121 Å². The van der Waals surface area contributed by atoms with Crippen molar-refractivity contribution in [2.75, 3.05) is 4.90 Å². The van der Waals surface area contributed by atoms with Crippen molar-refractivity contribution < 1.29 is 0 Å². The molecule has 2 aliphatic carbocycles. The van der Waals surface area contributed by atoms with Gasteiger partial charge in [-0.2, -0.15) is 0 Å². The number of nitrogens with zero attached hydrogens (tertiary/aromatic N) is 2. The lowest BCUT2D eigenvalue weighted by Crippen LogP contribution is -2.26. The Hall–Kier alpha value is -9.50. The van der Waals surface area contributed by atoms with Crippen LogP contribution in [0.1, 0.15) is 22.3 Å². The van der Waals surface area contributed by atoms with Crippen LogP contribution >= 0.6 is 0 Å². The van der Waals surface area contributed by atoms with Crippen molar-refractivity contribution in [3.63, 3.8) is 0 Å². The van der Waals surface area contributed by atoms with Gasteiger partial charge in [0.1, 0.15) is 0 Å². The zero-order valence-corrected chi connectivity index (χ0v) is 39.8. The number of para-hydroxylation sites is 1. The number of hydrogen-bond donors (Lipinski definition) is 0. The Balaban J connectivity index is 0.910. The molecule has 0 N–H and O–H groups in total. The van der Waals surface area contributed by atoms with E-state index in [0.29, 0.717) is 0 Å². The molecule has 0 atom stereocenters. The lowest BCUT2D eigenvalue weighted by Gasteiger charge is -2.32. The highest BCUT2D eigenvalue weighted by molar-refractivity contribution is 6.26. The minimum absolute atomic E-state index is 0.462. The third kappa shape index (κ3) is 5.58. The minimum Gasteiger partial charge on any atom is -0.310 e. The maximum absolute atomic E-state index is 2.50. The van der Waals surface area contributed by atoms with Crippen molar-refractivity contribution in [1.82, 2.24) is 4.57 Å². The average Bonchev–Trinajstić information content (AvgIpc) is 4.13. The average molecular weight is 925 g/mol. The summed E-state index contributed by atoms with van der Waals surface area (Å²) in [5.41, 5.74) is 19.3. The Morgan fingerprint density at radius 3 is 1.41 bits per heavy atom. The molecule has 0 amide bonds. The molecule has 0 bridgehead atoms. The summed E-state index contributed by atoms with van der Waals surface area (Å²) >= 11 is 0. The van der Waals surface area contributed by atoms with Crippen molar-refractivity contribution in [3.05, 3.63) is 289 Å². The van der Waals surface area contributed by atoms with Gasteiger partial charge in [-0.1, -0.05) is 206 Å². The van der Waals surface area contributed by atoms with Gasteiger partial charge in [0.15, 0.2) is 0 Å². The molecule has 0 fully saturated rings. The second-order valence-electron chi connectivity index (χ2n) is 19.9. The molecular weight excluding hydrogens is 881 g/mol. The summed E-state index contributed by atoms with van der Waals surface area (Å²) in [7, 11) is 0. The summed E-state index contributed by atoms with van der Waals surface area (Å²) in [5, 5.41) is 12.6. The number of anilines is 3. The molecule has 14 aromatic rings. The van der Waals surface area contributed by atoms with Crippen molar-refractivity contribution in [3.8, 4) is 39.1 Å². The van der Waals surface area contributed by atoms with Gasteiger partial charge in [0.25, 0.3) is 0 Å². The first kappa shape index (κ1) is 40.3. The number of aromatic nitrogens is 1. The highest BCUT2D eigenvalue weighted by atomic mass is 15.1. The Kier molecular flexibility index (Phi) is 8.41. The van der Waals surface area contributed by atoms with Gasteiger partial charge in [0.05, 0.1) is 16.4 Å². The molecule has 0 unspecified atom stereocenters. The van der Waals surface area contributed by atoms with E-state index in [2.05, 4.69) is 276 Å². The molecule has 2 heteroatoms. The van der Waals surface area contributed by atoms with Gasteiger partial charge in [-0.25, -0.2) is 0 Å². The number of fused-ring (bicyclic) bond motifs is 21. The molecule has 16 rings (SSSR count). The van der Waals surface area contributed by atoms with Gasteiger partial charge in [-0.3, -0.25) is 0 Å². The summed E-state index contributed by atoms with van der Waals surface area (Å²) in [6, 6.07) is 99.7. The molecule has 0 saturated carbocycles. The lowest BCUT2D eigenvalue weighted by molar-refractivity contribution is 0.793. The quantitative estimate of drug-likeness (QED) is 0.156. The third-order valence-electron chi connectivity index (χ3n) is 16.4. The molecule has 0 aliphatic heterocycles. The second-order valence-corrected chi connectivity index (χ2v) is 19.9. The minimum atomic E-state index is -0.462. The Labute approximate surface area is 422 Å². The van der Waals surface area contributed by atoms with Gasteiger partial charge < -0.3 is 9.47 Å². The molecule has 1 aromatic heterocycles. The maximum atomic E-state index is 2.50. The zero-order chi connectivity index (χ0) is 47.8. The maximum Gasteiger partial charge on any atom is 0.0726 e. The molecule has 0 saturated heterocycles. The van der Waals surface area contributed by atoms with Crippen LogP contribution in [0.3, 0.4) is 0 Å². The van der Waals surface area contributed by atoms with Crippen LogP contribution in [-0.4, -0.2) is 4.57 Å². The molecular formula is C71H44N2. The van der Waals surface area contributed by atoms with Gasteiger partial charge in [0, 0.05) is 33.5 Å². The summed E-state index contributed by atoms with van der Waals surface area (Å²) in [6.45, 7) is 0. The van der Waals surface area contributed by atoms with Crippen molar-refractivity contribution in [1.29, 1.82) is 0 Å². The molecule has 2 nitrogen and oxygen atoms in total. The van der Waals surface area contributed by atoms with Crippen LogP contribution in [0.5, 0.6) is 0 Å². The fourth-order valence-electron chi connectivity index (χ4n) is 13.3. The first-order valence-electron chi connectivity index (χ1n) is 25.4. The highest BCUT2D eigenvalue weighted by Crippen LogP contribution is 2.63. The fourth-order valence-corrected chi connectivity index (χ4v) is 13.3. The first-order valence-corrected chi connectivity index (χ1v) is 25.4. The van der Waals surface area contributed by atoms with Crippen LogP contribution in [0.2, 0.25) is 0 Å². The van der Waals surface area contributed by atoms with E-state index in [1.807, 2.05) is 0 Å². The molecule has 1 spiro atoms. The van der Waals surface area contributed by atoms with Gasteiger partial charge >= 0.3 is 0 Å². The third-order valence-corrected chi connectivity index (χ3v) is 16.4. The van der Waals surface area contributed by atoms with Gasteiger partial charge in [-0.15, -0.1) is 0 Å². The van der Waals surface area contributed by atoms with Crippen LogP contribution < -0.4 is 4.90 Å². The van der Waals surface area contributed by atoms with Crippen LogP contribution in [-0.2, 0) is 5.41 Å². The van der Waals surface area contributed by atoms with E-state index in [1.54, 1.807) is 0 Å². The number of rotatable bonds is 5. The van der Waals surface area contributed by atoms with Crippen LogP contribution in [0, 0.1) is 0 Å². The summed E-state index contributed by atoms with van der Waals surface area (Å²) in [6.07, 6.45) is 0. The van der Waals surface area contributed by atoms with Crippen LogP contribution in [0.25, 0.3) is 104 Å². The molecule has 338 valence electrons. The summed E-state index contributed by atoms with van der Waals surface area (Å²) in [4.78, 5) is 2.48. The molecule has 13 aromatic carbocycles. The molecule has 0 radical (unpaired) electrons. The summed E-state index contributed by atoms with van der Waals surface area (Å²) < 4.78 is 2.43. The predicted molar refractivity (Wildman–Crippen MR) is 307 cm³/mol. The topological polar surface area (TPSA) is 8.17 Å². The van der Waals surface area contributed by atoms with E-state index < -0.39 is 5.41 Å². The largest absolute Gasteiger partial charge is 0.310 e. The van der Waals surface area contributed by atoms with Crippen molar-refractivity contribution in [2.24, 2.45) is 0 Å². The van der Waals surface area contributed by atoms with Gasteiger partial charge in [-0.05, 0) is 159 Å². The lowest BCUT2D eigenvalue weighted by atomic mass is 9.70. The van der Waals surface area contributed by atoms with Crippen LogP contribution in [0.15, 0.2) is 267 Å². The molecule has 1 heterocycles. The van der Waals surface area contributed by atoms with E-state index in [9.17, 15) is 0 Å². The second kappa shape index (κ2) is 15.3. The first-order chi connectivity index (χ1) is 36.2. The monoisotopic (exact) mass is 924 g/mol. The van der Waals surface area contributed by atoms with E-state index in [0.717, 1.165) is 22.7 Å². The Morgan fingerprint density at radius 1 is 0.274 bits per heavy atom. The van der Waals surface area contributed by atoms with E-state index in [4.69, 9.17) is 0 Å². The fraction of sp³-hybridized carbons (Fsp3) is 0.0141. The predicted octanol–water partition coefficient (Wildman–Crippen LogP) is 18.9. The van der Waals surface area contributed by atoms with Crippen LogP contribution in [0.4, 0.5) is 17.1 Å². The van der Waals surface area contributed by atoms with Crippen molar-refractivity contribution in [2.45, 2.75) is 5.41 Å². The Bertz CT molecular complexity index is 4520. The standard InChI is InChI=1S/C71H44N2/c1-2-17-48(18-3-1)73-68-41-33-46-16-4-5-19-52(46)70(68)62-38-32-47(42-69(62)73)45-30-34-49(35-31-45)72(50-36-39-57-55-22-7-6-20-53(55)54-21-8-9-23-56(54)63(57)43-50)51-37-40-61-60-26-12-15-29-66(60)71(67(61)44-51)64-27-13-10-24-58(64)59-25-11-14-28-65(59)71/h1-44H. The zero-order valence-electron chi connectivity index (χ0n) is 39.8. The van der Waals surface area contributed by atoms with Crippen molar-refractivity contribution >= 4 is 82.0 Å². The molecule has 73 heavy (non-hydrogen) atoms. The SMILES string of the molecule is c1ccc(-n2c3cc(-c4ccc(N(c5ccc6c(c5)C5(c7ccccc7-c7ccccc75)c5ccccc5-6)c5ccc6c7ccccc7c7ccccc7c6c5)cc4)ccc3c3c4ccccc4ccc32)cc1. The highest BCUT2D eigenvalue weighted by Gasteiger charge is 2.51. The normalized spacial score (nSPS) is 13.0. The smallest absolute Gasteiger partial charge is 0.0726 e.